The predicted molar refractivity (Wildman–Crippen MR) is 81.4 cm³/mol. The summed E-state index contributed by atoms with van der Waals surface area (Å²) < 4.78 is 10.1. The van der Waals surface area contributed by atoms with Crippen LogP contribution in [0.5, 0.6) is 5.75 Å². The van der Waals surface area contributed by atoms with Crippen LogP contribution < -0.4 is 5.32 Å². The zero-order valence-corrected chi connectivity index (χ0v) is 12.8. The molecule has 22 heavy (non-hydrogen) atoms. The van der Waals surface area contributed by atoms with Crippen LogP contribution >= 0.6 is 0 Å². The van der Waals surface area contributed by atoms with Crippen molar-refractivity contribution in [3.05, 3.63) is 29.8 Å². The van der Waals surface area contributed by atoms with Crippen LogP contribution in [-0.2, 0) is 19.1 Å². The van der Waals surface area contributed by atoms with Crippen LogP contribution in [0.25, 0.3) is 5.57 Å². The Morgan fingerprint density at radius 1 is 1.23 bits per heavy atom. The summed E-state index contributed by atoms with van der Waals surface area (Å²) in [4.78, 5) is 24.4. The van der Waals surface area contributed by atoms with Crippen molar-refractivity contribution in [2.24, 2.45) is 0 Å². The van der Waals surface area contributed by atoms with Gasteiger partial charge < -0.3 is 19.9 Å². The Morgan fingerprint density at radius 2 is 1.91 bits per heavy atom. The molecular formula is C16H19NO5. The molecule has 1 heterocycles. The number of fused-ring (bicyclic) bond motifs is 1. The predicted octanol–water partition coefficient (Wildman–Crippen LogP) is 2.09. The van der Waals surface area contributed by atoms with Crippen molar-refractivity contribution in [2.45, 2.75) is 26.3 Å². The summed E-state index contributed by atoms with van der Waals surface area (Å²) in [5.74, 6) is -1.02. The summed E-state index contributed by atoms with van der Waals surface area (Å²) in [6.07, 6.45) is 1.48. The molecule has 1 aliphatic rings. The topological polar surface area (TPSA) is 84.9 Å². The molecule has 0 fully saturated rings. The SMILES string of the molecule is CCOC(=O)C1=CC(C)(C(=O)OCC)Nc2ccc(O)cc21. The summed E-state index contributed by atoms with van der Waals surface area (Å²) in [6, 6.07) is 4.54. The maximum Gasteiger partial charge on any atom is 0.338 e. The van der Waals surface area contributed by atoms with Crippen LogP contribution in [0.15, 0.2) is 24.3 Å². The lowest BCUT2D eigenvalue weighted by Gasteiger charge is -2.32. The van der Waals surface area contributed by atoms with Gasteiger partial charge in [0.05, 0.1) is 18.8 Å². The van der Waals surface area contributed by atoms with Crippen molar-refractivity contribution in [2.75, 3.05) is 18.5 Å². The van der Waals surface area contributed by atoms with Gasteiger partial charge in [-0.05, 0) is 45.0 Å². The number of ether oxygens (including phenoxy) is 2. The minimum absolute atomic E-state index is 0.0236. The second-order valence-electron chi connectivity index (χ2n) is 5.06. The second kappa shape index (κ2) is 6.09. The van der Waals surface area contributed by atoms with E-state index in [0.717, 1.165) is 0 Å². The Bertz CT molecular complexity index is 637. The molecule has 0 bridgehead atoms. The third-order valence-corrected chi connectivity index (χ3v) is 3.32. The van der Waals surface area contributed by atoms with Crippen molar-refractivity contribution >= 4 is 23.2 Å². The van der Waals surface area contributed by atoms with E-state index in [9.17, 15) is 14.7 Å². The van der Waals surface area contributed by atoms with E-state index in [-0.39, 0.29) is 24.5 Å². The van der Waals surface area contributed by atoms with Crippen LogP contribution in [-0.4, -0.2) is 35.8 Å². The highest BCUT2D eigenvalue weighted by molar-refractivity contribution is 6.20. The number of carbonyl (C=O) groups excluding carboxylic acids is 2. The number of nitrogens with one attached hydrogen (secondary N) is 1. The fourth-order valence-corrected chi connectivity index (χ4v) is 2.32. The van der Waals surface area contributed by atoms with Crippen LogP contribution in [0.4, 0.5) is 5.69 Å². The highest BCUT2D eigenvalue weighted by atomic mass is 16.5. The van der Waals surface area contributed by atoms with Gasteiger partial charge in [0, 0.05) is 11.3 Å². The second-order valence-corrected chi connectivity index (χ2v) is 5.06. The smallest absolute Gasteiger partial charge is 0.338 e. The summed E-state index contributed by atoms with van der Waals surface area (Å²) in [5.41, 5.74) is 0.0865. The molecule has 6 heteroatoms. The number of anilines is 1. The van der Waals surface area contributed by atoms with E-state index >= 15 is 0 Å². The molecule has 0 radical (unpaired) electrons. The zero-order valence-electron chi connectivity index (χ0n) is 12.8. The number of benzene rings is 1. The lowest BCUT2D eigenvalue weighted by molar-refractivity contribution is -0.146. The average Bonchev–Trinajstić information content (AvgIpc) is 2.47. The third kappa shape index (κ3) is 2.90. The minimum Gasteiger partial charge on any atom is -0.508 e. The summed E-state index contributed by atoms with van der Waals surface area (Å²) in [6.45, 7) is 5.49. The highest BCUT2D eigenvalue weighted by Gasteiger charge is 2.39. The molecule has 0 aromatic heterocycles. The van der Waals surface area contributed by atoms with Gasteiger partial charge in [0.2, 0.25) is 0 Å². The molecular weight excluding hydrogens is 286 g/mol. The molecule has 0 amide bonds. The fourth-order valence-electron chi connectivity index (χ4n) is 2.32. The van der Waals surface area contributed by atoms with Gasteiger partial charge in [0.15, 0.2) is 5.54 Å². The van der Waals surface area contributed by atoms with Gasteiger partial charge in [-0.1, -0.05) is 0 Å². The molecule has 118 valence electrons. The number of phenols is 1. The number of hydrogen-bond acceptors (Lipinski definition) is 6. The van der Waals surface area contributed by atoms with Gasteiger partial charge in [-0.15, -0.1) is 0 Å². The summed E-state index contributed by atoms with van der Waals surface area (Å²) in [5, 5.41) is 12.7. The van der Waals surface area contributed by atoms with Gasteiger partial charge in [0.25, 0.3) is 0 Å². The van der Waals surface area contributed by atoms with Crippen LogP contribution in [0.1, 0.15) is 26.3 Å². The molecule has 1 atom stereocenters. The minimum atomic E-state index is -1.18. The fraction of sp³-hybridized carbons (Fsp3) is 0.375. The monoisotopic (exact) mass is 305 g/mol. The largest absolute Gasteiger partial charge is 0.508 e. The van der Waals surface area contributed by atoms with Gasteiger partial charge >= 0.3 is 11.9 Å². The van der Waals surface area contributed by atoms with Crippen LogP contribution in [0, 0.1) is 0 Å². The molecule has 1 unspecified atom stereocenters. The van der Waals surface area contributed by atoms with Crippen molar-refractivity contribution in [1.82, 2.24) is 0 Å². The first-order valence-corrected chi connectivity index (χ1v) is 7.10. The number of carbonyl (C=O) groups is 2. The molecule has 0 aliphatic carbocycles. The van der Waals surface area contributed by atoms with E-state index in [0.29, 0.717) is 11.3 Å². The maximum atomic E-state index is 12.2. The molecule has 0 saturated carbocycles. The first-order chi connectivity index (χ1) is 10.4. The lowest BCUT2D eigenvalue weighted by Crippen LogP contribution is -2.45. The zero-order chi connectivity index (χ0) is 16.3. The Balaban J connectivity index is 2.52. The Hall–Kier alpha value is -2.50. The molecule has 0 saturated heterocycles. The molecule has 1 aromatic carbocycles. The first-order valence-electron chi connectivity index (χ1n) is 7.10. The number of hydrogen-bond donors (Lipinski definition) is 2. The van der Waals surface area contributed by atoms with Crippen LogP contribution in [0.3, 0.4) is 0 Å². The number of esters is 2. The first kappa shape index (κ1) is 15.9. The van der Waals surface area contributed by atoms with E-state index in [1.165, 1.54) is 18.2 Å². The number of aromatic hydroxyl groups is 1. The van der Waals surface area contributed by atoms with Gasteiger partial charge in [-0.25, -0.2) is 9.59 Å². The van der Waals surface area contributed by atoms with Crippen molar-refractivity contribution in [1.29, 1.82) is 0 Å². The van der Waals surface area contributed by atoms with E-state index in [1.807, 2.05) is 0 Å². The average molecular weight is 305 g/mol. The van der Waals surface area contributed by atoms with E-state index in [4.69, 9.17) is 9.47 Å². The normalized spacial score (nSPS) is 19.5. The summed E-state index contributed by atoms with van der Waals surface area (Å²) >= 11 is 0. The van der Waals surface area contributed by atoms with E-state index < -0.39 is 17.5 Å². The van der Waals surface area contributed by atoms with E-state index in [2.05, 4.69) is 5.32 Å². The molecule has 1 aliphatic heterocycles. The van der Waals surface area contributed by atoms with Crippen LogP contribution in [0.2, 0.25) is 0 Å². The number of phenolic OH excluding ortho intramolecular Hbond substituents is 1. The Kier molecular flexibility index (Phi) is 4.40. The van der Waals surface area contributed by atoms with Gasteiger partial charge in [-0.2, -0.15) is 0 Å². The Morgan fingerprint density at radius 3 is 2.55 bits per heavy atom. The maximum absolute atomic E-state index is 12.2. The van der Waals surface area contributed by atoms with Crippen molar-refractivity contribution < 1.29 is 24.2 Å². The molecule has 2 N–H and O–H groups in total. The van der Waals surface area contributed by atoms with Crippen molar-refractivity contribution in [3.63, 3.8) is 0 Å². The molecule has 6 nitrogen and oxygen atoms in total. The highest BCUT2D eigenvalue weighted by Crippen LogP contribution is 2.37. The quantitative estimate of drug-likeness (QED) is 0.654. The molecule has 2 rings (SSSR count). The van der Waals surface area contributed by atoms with Gasteiger partial charge in [-0.3, -0.25) is 0 Å². The third-order valence-electron chi connectivity index (χ3n) is 3.32. The summed E-state index contributed by atoms with van der Waals surface area (Å²) in [7, 11) is 0. The molecule has 1 aromatic rings. The molecule has 0 spiro atoms. The van der Waals surface area contributed by atoms with Gasteiger partial charge in [0.1, 0.15) is 5.75 Å². The van der Waals surface area contributed by atoms with E-state index in [1.54, 1.807) is 26.8 Å². The lowest BCUT2D eigenvalue weighted by atomic mass is 9.89. The van der Waals surface area contributed by atoms with Crippen molar-refractivity contribution in [3.8, 4) is 5.75 Å². The Labute approximate surface area is 128 Å². The number of rotatable bonds is 4. The standard InChI is InChI=1S/C16H19NO5/c1-4-21-14(19)12-9-16(3,15(20)22-5-2)17-13-7-6-10(18)8-11(12)13/h6-9,17-18H,4-5H2,1-3H3.